The molecule has 0 aliphatic rings. The lowest BCUT2D eigenvalue weighted by Gasteiger charge is -2.19. The van der Waals surface area contributed by atoms with Crippen molar-refractivity contribution in [2.75, 3.05) is 0 Å². The number of hydrazine groups is 1. The number of halogens is 4. The van der Waals surface area contributed by atoms with Crippen LogP contribution in [0.4, 0.5) is 0 Å². The molecule has 0 aliphatic heterocycles. The number of nitrogens with two attached hydrogens (primary N) is 1. The molecule has 0 saturated heterocycles. The van der Waals surface area contributed by atoms with Crippen LogP contribution in [0.2, 0.25) is 15.1 Å². The van der Waals surface area contributed by atoms with Gasteiger partial charge in [-0.1, -0.05) is 46.9 Å². The highest BCUT2D eigenvalue weighted by Crippen LogP contribution is 2.31. The zero-order valence-corrected chi connectivity index (χ0v) is 14.8. The summed E-state index contributed by atoms with van der Waals surface area (Å²) in [5, 5.41) is 1.78. The lowest BCUT2D eigenvalue weighted by atomic mass is 9.99. The summed E-state index contributed by atoms with van der Waals surface area (Å²) in [6.45, 7) is 0. The third-order valence-electron chi connectivity index (χ3n) is 2.99. The molecule has 0 saturated carbocycles. The van der Waals surface area contributed by atoms with Crippen LogP contribution in [-0.4, -0.2) is 0 Å². The lowest BCUT2D eigenvalue weighted by Crippen LogP contribution is -2.30. The van der Waals surface area contributed by atoms with Gasteiger partial charge in [0.2, 0.25) is 0 Å². The van der Waals surface area contributed by atoms with Gasteiger partial charge in [-0.25, -0.2) is 0 Å². The molecule has 0 amide bonds. The van der Waals surface area contributed by atoms with Crippen LogP contribution < -0.4 is 11.3 Å². The van der Waals surface area contributed by atoms with E-state index in [1.807, 2.05) is 30.3 Å². The smallest absolute Gasteiger partial charge is 0.0624 e. The van der Waals surface area contributed by atoms with Crippen LogP contribution >= 0.6 is 57.4 Å². The Bertz CT molecular complexity index is 619. The molecule has 2 rings (SSSR count). The molecule has 0 heterocycles. The van der Waals surface area contributed by atoms with Crippen molar-refractivity contribution < 1.29 is 0 Å². The van der Waals surface area contributed by atoms with Gasteiger partial charge in [-0.2, -0.15) is 0 Å². The predicted octanol–water partition coefficient (Wildman–Crippen LogP) is 5.00. The van der Waals surface area contributed by atoms with Gasteiger partial charge in [-0.3, -0.25) is 11.3 Å². The van der Waals surface area contributed by atoms with Crippen molar-refractivity contribution in [1.82, 2.24) is 5.43 Å². The average Bonchev–Trinajstić information content (AvgIpc) is 2.43. The van der Waals surface area contributed by atoms with Crippen LogP contribution in [-0.2, 0) is 6.42 Å². The predicted molar refractivity (Wildman–Crippen MR) is 94.4 cm³/mol. The molecule has 2 aromatic rings. The molecular weight excluding hydrogens is 429 g/mol. The molecule has 0 fully saturated rings. The molecule has 0 aromatic heterocycles. The van der Waals surface area contributed by atoms with Gasteiger partial charge in [-0.05, 0) is 64.4 Å². The van der Waals surface area contributed by atoms with Crippen LogP contribution in [0.25, 0.3) is 0 Å². The summed E-state index contributed by atoms with van der Waals surface area (Å²) in [5.41, 5.74) is 4.80. The van der Waals surface area contributed by atoms with E-state index in [4.69, 9.17) is 40.6 Å². The van der Waals surface area contributed by atoms with E-state index in [0.29, 0.717) is 21.5 Å². The summed E-state index contributed by atoms with van der Waals surface area (Å²) in [6.07, 6.45) is 0.631. The lowest BCUT2D eigenvalue weighted by molar-refractivity contribution is 0.550. The first-order chi connectivity index (χ1) is 9.52. The number of nitrogens with one attached hydrogen (secondary N) is 1. The molecule has 106 valence electrons. The fourth-order valence-electron chi connectivity index (χ4n) is 1.97. The molecule has 2 nitrogen and oxygen atoms in total. The van der Waals surface area contributed by atoms with Crippen molar-refractivity contribution in [3.05, 3.63) is 66.2 Å². The second-order valence-corrected chi connectivity index (χ2v) is 6.69. The van der Waals surface area contributed by atoms with Gasteiger partial charge in [0.25, 0.3) is 0 Å². The Labute approximate surface area is 146 Å². The Morgan fingerprint density at radius 3 is 2.60 bits per heavy atom. The second kappa shape index (κ2) is 7.29. The van der Waals surface area contributed by atoms with E-state index < -0.39 is 0 Å². The normalized spacial score (nSPS) is 12.4. The molecule has 0 spiro atoms. The Hall–Kier alpha value is -0.0400. The van der Waals surface area contributed by atoms with Gasteiger partial charge in [0, 0.05) is 8.59 Å². The van der Waals surface area contributed by atoms with Crippen molar-refractivity contribution >= 4 is 57.4 Å². The minimum Gasteiger partial charge on any atom is -0.271 e. The maximum Gasteiger partial charge on any atom is 0.0624 e. The highest BCUT2D eigenvalue weighted by atomic mass is 127. The van der Waals surface area contributed by atoms with E-state index in [1.165, 1.54) is 0 Å². The first kappa shape index (κ1) is 16.3. The van der Waals surface area contributed by atoms with E-state index in [0.717, 1.165) is 14.7 Å². The van der Waals surface area contributed by atoms with E-state index >= 15 is 0 Å². The van der Waals surface area contributed by atoms with Gasteiger partial charge in [-0.15, -0.1) is 0 Å². The van der Waals surface area contributed by atoms with Crippen molar-refractivity contribution in [1.29, 1.82) is 0 Å². The van der Waals surface area contributed by atoms with Crippen LogP contribution in [0.15, 0.2) is 36.4 Å². The summed E-state index contributed by atoms with van der Waals surface area (Å²) in [4.78, 5) is 0. The van der Waals surface area contributed by atoms with Crippen LogP contribution in [0.3, 0.4) is 0 Å². The molecule has 6 heteroatoms. The van der Waals surface area contributed by atoms with Gasteiger partial charge in [0.15, 0.2) is 0 Å². The number of benzene rings is 2. The highest BCUT2D eigenvalue weighted by Gasteiger charge is 2.16. The Morgan fingerprint density at radius 2 is 1.90 bits per heavy atom. The third kappa shape index (κ3) is 3.78. The van der Waals surface area contributed by atoms with Crippen LogP contribution in [0.1, 0.15) is 17.2 Å². The molecule has 2 aromatic carbocycles. The standard InChI is InChI=1S/C14H12Cl3IN2/c15-9-4-5-12(18)10(7-9)13(20-19)6-8-2-1-3-11(16)14(8)17/h1-5,7,13,20H,6,19H2. The fraction of sp³-hybridized carbons (Fsp3) is 0.143. The van der Waals surface area contributed by atoms with Crippen LogP contribution in [0.5, 0.6) is 0 Å². The number of rotatable bonds is 4. The largest absolute Gasteiger partial charge is 0.271 e. The van der Waals surface area contributed by atoms with Crippen molar-refractivity contribution in [2.24, 2.45) is 5.84 Å². The molecule has 3 N–H and O–H groups in total. The van der Waals surface area contributed by atoms with Gasteiger partial charge >= 0.3 is 0 Å². The summed E-state index contributed by atoms with van der Waals surface area (Å²) in [6, 6.07) is 11.2. The first-order valence-electron chi connectivity index (χ1n) is 5.87. The van der Waals surface area contributed by atoms with E-state index in [1.54, 1.807) is 6.07 Å². The Balaban J connectivity index is 2.34. The van der Waals surface area contributed by atoms with Crippen molar-refractivity contribution in [3.63, 3.8) is 0 Å². The zero-order chi connectivity index (χ0) is 14.7. The molecule has 1 atom stereocenters. The first-order valence-corrected chi connectivity index (χ1v) is 8.08. The quantitative estimate of drug-likeness (QED) is 0.398. The Morgan fingerprint density at radius 1 is 1.15 bits per heavy atom. The van der Waals surface area contributed by atoms with E-state index in [9.17, 15) is 0 Å². The molecular formula is C14H12Cl3IN2. The SMILES string of the molecule is NNC(Cc1cccc(Cl)c1Cl)c1cc(Cl)ccc1I. The van der Waals surface area contributed by atoms with Crippen LogP contribution in [0, 0.1) is 3.57 Å². The topological polar surface area (TPSA) is 38.0 Å². The molecule has 0 radical (unpaired) electrons. The van der Waals surface area contributed by atoms with Crippen molar-refractivity contribution in [2.45, 2.75) is 12.5 Å². The van der Waals surface area contributed by atoms with Gasteiger partial charge in [0.1, 0.15) is 0 Å². The minimum absolute atomic E-state index is 0.0865. The zero-order valence-electron chi connectivity index (χ0n) is 10.3. The monoisotopic (exact) mass is 440 g/mol. The molecule has 20 heavy (non-hydrogen) atoms. The molecule has 0 bridgehead atoms. The fourth-order valence-corrected chi connectivity index (χ4v) is 3.26. The maximum absolute atomic E-state index is 6.22. The summed E-state index contributed by atoms with van der Waals surface area (Å²) < 4.78 is 1.09. The minimum atomic E-state index is -0.0865. The third-order valence-corrected chi connectivity index (χ3v) is 5.07. The highest BCUT2D eigenvalue weighted by molar-refractivity contribution is 14.1. The summed E-state index contributed by atoms with van der Waals surface area (Å²) >= 11 is 20.6. The maximum atomic E-state index is 6.22. The van der Waals surface area contributed by atoms with Gasteiger partial charge < -0.3 is 0 Å². The average molecular weight is 442 g/mol. The number of hydrogen-bond acceptors (Lipinski definition) is 2. The van der Waals surface area contributed by atoms with Gasteiger partial charge in [0.05, 0.1) is 16.1 Å². The number of hydrogen-bond donors (Lipinski definition) is 2. The Kier molecular flexibility index (Phi) is 5.95. The summed E-state index contributed by atoms with van der Waals surface area (Å²) in [7, 11) is 0. The molecule has 0 aliphatic carbocycles. The summed E-state index contributed by atoms with van der Waals surface area (Å²) in [5.74, 6) is 5.69. The van der Waals surface area contributed by atoms with Crippen molar-refractivity contribution in [3.8, 4) is 0 Å². The van der Waals surface area contributed by atoms with E-state index in [-0.39, 0.29) is 6.04 Å². The molecule has 1 unspecified atom stereocenters. The van der Waals surface area contributed by atoms with E-state index in [2.05, 4.69) is 28.0 Å². The second-order valence-electron chi connectivity index (χ2n) is 4.30.